The van der Waals surface area contributed by atoms with E-state index >= 15 is 0 Å². The summed E-state index contributed by atoms with van der Waals surface area (Å²) in [7, 11) is 0. The Bertz CT molecular complexity index is 464. The third kappa shape index (κ3) is 1.72. The van der Waals surface area contributed by atoms with Gasteiger partial charge >= 0.3 is 0 Å². The van der Waals surface area contributed by atoms with Gasteiger partial charge in [-0.25, -0.2) is 9.97 Å². The lowest BCUT2D eigenvalue weighted by Gasteiger charge is -1.96. The zero-order valence-electron chi connectivity index (χ0n) is 8.61. The standard InChI is InChI=1S/C10H11ClN4/c1-3-15-7(2)8(11)9(14-15)10-12-5-4-6-13-10/h4-6H,3H2,1-2H3. The first-order chi connectivity index (χ1) is 7.24. The molecule has 0 amide bonds. The van der Waals surface area contributed by atoms with Gasteiger partial charge in [-0.1, -0.05) is 11.6 Å². The van der Waals surface area contributed by atoms with Crippen LogP contribution in [0.1, 0.15) is 12.6 Å². The predicted molar refractivity (Wildman–Crippen MR) is 58.7 cm³/mol. The predicted octanol–water partition coefficient (Wildman–Crippen LogP) is 2.32. The van der Waals surface area contributed by atoms with Gasteiger partial charge in [0.1, 0.15) is 5.69 Å². The lowest BCUT2D eigenvalue weighted by atomic mass is 10.3. The van der Waals surface area contributed by atoms with Crippen molar-refractivity contribution in [2.45, 2.75) is 20.4 Å². The van der Waals surface area contributed by atoms with Crippen LogP contribution in [0.4, 0.5) is 0 Å². The van der Waals surface area contributed by atoms with Gasteiger partial charge in [0.05, 0.1) is 10.7 Å². The first kappa shape index (κ1) is 10.1. The van der Waals surface area contributed by atoms with Crippen LogP contribution in [0.25, 0.3) is 11.5 Å². The van der Waals surface area contributed by atoms with Crippen LogP contribution in [0.3, 0.4) is 0 Å². The van der Waals surface area contributed by atoms with Gasteiger partial charge < -0.3 is 0 Å². The third-order valence-electron chi connectivity index (χ3n) is 2.21. The van der Waals surface area contributed by atoms with Crippen LogP contribution in [-0.2, 0) is 6.54 Å². The Hall–Kier alpha value is -1.42. The molecule has 2 rings (SSSR count). The summed E-state index contributed by atoms with van der Waals surface area (Å²) in [5.74, 6) is 0.567. The van der Waals surface area contributed by atoms with Crippen molar-refractivity contribution in [3.63, 3.8) is 0 Å². The van der Waals surface area contributed by atoms with Gasteiger partial charge in [-0.15, -0.1) is 0 Å². The molecule has 15 heavy (non-hydrogen) atoms. The van der Waals surface area contributed by atoms with Crippen LogP contribution in [0.5, 0.6) is 0 Å². The van der Waals surface area contributed by atoms with Gasteiger partial charge in [-0.2, -0.15) is 5.10 Å². The van der Waals surface area contributed by atoms with E-state index in [1.54, 1.807) is 18.5 Å². The summed E-state index contributed by atoms with van der Waals surface area (Å²) in [5.41, 5.74) is 1.60. The van der Waals surface area contributed by atoms with Crippen molar-refractivity contribution in [1.82, 2.24) is 19.7 Å². The van der Waals surface area contributed by atoms with Gasteiger partial charge in [-0.3, -0.25) is 4.68 Å². The molecule has 2 aromatic heterocycles. The van der Waals surface area contributed by atoms with E-state index in [9.17, 15) is 0 Å². The average Bonchev–Trinajstić information content (AvgIpc) is 2.57. The molecule has 2 aromatic rings. The van der Waals surface area contributed by atoms with Crippen LogP contribution in [0.15, 0.2) is 18.5 Å². The van der Waals surface area contributed by atoms with E-state index in [-0.39, 0.29) is 0 Å². The Morgan fingerprint density at radius 3 is 2.53 bits per heavy atom. The number of hydrogen-bond acceptors (Lipinski definition) is 3. The Morgan fingerprint density at radius 2 is 2.00 bits per heavy atom. The highest BCUT2D eigenvalue weighted by molar-refractivity contribution is 6.33. The summed E-state index contributed by atoms with van der Waals surface area (Å²) in [6.07, 6.45) is 3.36. The Kier molecular flexibility index (Phi) is 2.68. The summed E-state index contributed by atoms with van der Waals surface area (Å²) < 4.78 is 1.84. The van der Waals surface area contributed by atoms with Crippen LogP contribution in [-0.4, -0.2) is 19.7 Å². The molecule has 0 N–H and O–H groups in total. The van der Waals surface area contributed by atoms with E-state index in [1.807, 2.05) is 18.5 Å². The van der Waals surface area contributed by atoms with Crippen molar-refractivity contribution in [3.05, 3.63) is 29.2 Å². The monoisotopic (exact) mass is 222 g/mol. The number of aromatic nitrogens is 4. The van der Waals surface area contributed by atoms with E-state index < -0.39 is 0 Å². The molecular formula is C10H11ClN4. The fourth-order valence-corrected chi connectivity index (χ4v) is 1.62. The number of nitrogens with zero attached hydrogens (tertiary/aromatic N) is 4. The van der Waals surface area contributed by atoms with Crippen LogP contribution >= 0.6 is 11.6 Å². The fourth-order valence-electron chi connectivity index (χ4n) is 1.40. The molecule has 0 unspecified atom stereocenters. The summed E-state index contributed by atoms with van der Waals surface area (Å²) in [5, 5.41) is 4.99. The highest BCUT2D eigenvalue weighted by Gasteiger charge is 2.15. The van der Waals surface area contributed by atoms with Crippen molar-refractivity contribution >= 4 is 11.6 Å². The minimum atomic E-state index is 0.567. The second-order valence-electron chi connectivity index (χ2n) is 3.14. The minimum Gasteiger partial charge on any atom is -0.268 e. The maximum atomic E-state index is 6.16. The Balaban J connectivity index is 2.55. The number of halogens is 1. The molecule has 0 radical (unpaired) electrons. The molecule has 0 bridgehead atoms. The molecule has 0 saturated carbocycles. The average molecular weight is 223 g/mol. The van der Waals surface area contributed by atoms with Gasteiger partial charge in [0.25, 0.3) is 0 Å². The van der Waals surface area contributed by atoms with Crippen molar-refractivity contribution < 1.29 is 0 Å². The highest BCUT2D eigenvalue weighted by Crippen LogP contribution is 2.26. The second kappa shape index (κ2) is 3.98. The Morgan fingerprint density at radius 1 is 1.33 bits per heavy atom. The first-order valence-corrected chi connectivity index (χ1v) is 5.12. The molecule has 0 saturated heterocycles. The lowest BCUT2D eigenvalue weighted by Crippen LogP contribution is -1.98. The maximum absolute atomic E-state index is 6.16. The van der Waals surface area contributed by atoms with E-state index in [4.69, 9.17) is 11.6 Å². The van der Waals surface area contributed by atoms with E-state index in [2.05, 4.69) is 15.1 Å². The first-order valence-electron chi connectivity index (χ1n) is 4.74. The van der Waals surface area contributed by atoms with Gasteiger partial charge in [-0.05, 0) is 19.9 Å². The quantitative estimate of drug-likeness (QED) is 0.783. The van der Waals surface area contributed by atoms with E-state index in [0.717, 1.165) is 12.2 Å². The van der Waals surface area contributed by atoms with Crippen molar-refractivity contribution in [1.29, 1.82) is 0 Å². The topological polar surface area (TPSA) is 43.6 Å². The summed E-state index contributed by atoms with van der Waals surface area (Å²) >= 11 is 6.16. The van der Waals surface area contributed by atoms with Crippen molar-refractivity contribution in [3.8, 4) is 11.5 Å². The van der Waals surface area contributed by atoms with Crippen LogP contribution < -0.4 is 0 Å². The summed E-state index contributed by atoms with van der Waals surface area (Å²) in [4.78, 5) is 8.25. The van der Waals surface area contributed by atoms with Crippen LogP contribution in [0, 0.1) is 6.92 Å². The highest BCUT2D eigenvalue weighted by atomic mass is 35.5. The van der Waals surface area contributed by atoms with Gasteiger partial charge in [0, 0.05) is 18.9 Å². The molecule has 2 heterocycles. The molecule has 4 nitrogen and oxygen atoms in total. The minimum absolute atomic E-state index is 0.567. The summed E-state index contributed by atoms with van der Waals surface area (Å²) in [6.45, 7) is 4.75. The molecule has 0 fully saturated rings. The molecule has 0 aliphatic carbocycles. The van der Waals surface area contributed by atoms with Gasteiger partial charge in [0.15, 0.2) is 5.82 Å². The fraction of sp³-hybridized carbons (Fsp3) is 0.300. The molecule has 0 aliphatic heterocycles. The zero-order chi connectivity index (χ0) is 10.8. The van der Waals surface area contributed by atoms with E-state index in [0.29, 0.717) is 16.5 Å². The smallest absolute Gasteiger partial charge is 0.181 e. The number of hydrogen-bond donors (Lipinski definition) is 0. The molecule has 0 atom stereocenters. The Labute approximate surface area is 92.9 Å². The summed E-state index contributed by atoms with van der Waals surface area (Å²) in [6, 6.07) is 1.76. The molecule has 0 aromatic carbocycles. The number of aryl methyl sites for hydroxylation is 1. The van der Waals surface area contributed by atoms with Crippen molar-refractivity contribution in [2.24, 2.45) is 0 Å². The molecule has 78 valence electrons. The largest absolute Gasteiger partial charge is 0.268 e. The normalized spacial score (nSPS) is 10.6. The molecule has 5 heteroatoms. The molecule has 0 aliphatic rings. The van der Waals surface area contributed by atoms with E-state index in [1.165, 1.54) is 0 Å². The zero-order valence-corrected chi connectivity index (χ0v) is 9.36. The number of rotatable bonds is 2. The maximum Gasteiger partial charge on any atom is 0.181 e. The second-order valence-corrected chi connectivity index (χ2v) is 3.51. The van der Waals surface area contributed by atoms with Crippen LogP contribution in [0.2, 0.25) is 5.02 Å². The van der Waals surface area contributed by atoms with Gasteiger partial charge in [0.2, 0.25) is 0 Å². The lowest BCUT2D eigenvalue weighted by molar-refractivity contribution is 0.641. The molecule has 0 spiro atoms. The SMILES string of the molecule is CCn1nc(-c2ncccn2)c(Cl)c1C. The molecular weight excluding hydrogens is 212 g/mol. The third-order valence-corrected chi connectivity index (χ3v) is 2.66. The van der Waals surface area contributed by atoms with Crippen molar-refractivity contribution in [2.75, 3.05) is 0 Å².